The maximum absolute atomic E-state index is 9.01. The molecule has 3 unspecified atom stereocenters. The van der Waals surface area contributed by atoms with E-state index < -0.39 is 0 Å². The average molecular weight is 254 g/mol. The monoisotopic (exact) mass is 254 g/mol. The van der Waals surface area contributed by atoms with E-state index in [9.17, 15) is 0 Å². The minimum Gasteiger partial charge on any atom is -0.396 e. The quantitative estimate of drug-likeness (QED) is 0.728. The van der Waals surface area contributed by atoms with Crippen LogP contribution in [0, 0.1) is 11.8 Å². The van der Waals surface area contributed by atoms with Gasteiger partial charge in [0.1, 0.15) is 0 Å². The number of nitrogens with zero attached hydrogens (tertiary/aromatic N) is 1. The first-order chi connectivity index (χ1) is 8.74. The highest BCUT2D eigenvalue weighted by molar-refractivity contribution is 4.91. The van der Waals surface area contributed by atoms with E-state index in [0.29, 0.717) is 12.6 Å². The molecule has 0 spiro atoms. The third kappa shape index (κ3) is 3.94. The normalized spacial score (nSPS) is 31.5. The molecule has 0 bridgehead atoms. The highest BCUT2D eigenvalue weighted by atomic mass is 16.2. The van der Waals surface area contributed by atoms with Gasteiger partial charge >= 0.3 is 0 Å². The first-order valence-corrected chi connectivity index (χ1v) is 7.82. The molecule has 1 aliphatic heterocycles. The number of rotatable bonds is 7. The molecule has 2 aliphatic rings. The number of likely N-dealkylation sites (tertiary alicyclic amines) is 1. The summed E-state index contributed by atoms with van der Waals surface area (Å²) in [5, 5.41) is 12.6. The molecule has 1 aliphatic carbocycles. The van der Waals surface area contributed by atoms with Crippen molar-refractivity contribution >= 4 is 0 Å². The highest BCUT2D eigenvalue weighted by Gasteiger charge is 2.36. The minimum atomic E-state index is 0.348. The van der Waals surface area contributed by atoms with Gasteiger partial charge in [-0.05, 0) is 57.4 Å². The molecule has 106 valence electrons. The number of aliphatic hydroxyl groups is 1. The Labute approximate surface area is 112 Å². The second kappa shape index (κ2) is 6.88. The van der Waals surface area contributed by atoms with Crippen molar-refractivity contribution in [3.05, 3.63) is 0 Å². The van der Waals surface area contributed by atoms with Gasteiger partial charge in [0.2, 0.25) is 0 Å². The Balaban J connectivity index is 1.87. The first-order valence-electron chi connectivity index (χ1n) is 7.82. The lowest BCUT2D eigenvalue weighted by Gasteiger charge is -2.41. The van der Waals surface area contributed by atoms with Gasteiger partial charge in [0, 0.05) is 31.8 Å². The summed E-state index contributed by atoms with van der Waals surface area (Å²) in [6, 6.07) is 1.43. The number of piperidine rings is 1. The van der Waals surface area contributed by atoms with Crippen molar-refractivity contribution in [3.8, 4) is 0 Å². The van der Waals surface area contributed by atoms with Crippen LogP contribution in [0.1, 0.15) is 46.0 Å². The molecule has 1 saturated heterocycles. The topological polar surface area (TPSA) is 35.5 Å². The fourth-order valence-electron chi connectivity index (χ4n) is 3.48. The second-order valence-corrected chi connectivity index (χ2v) is 6.25. The molecule has 3 atom stereocenters. The van der Waals surface area contributed by atoms with Crippen LogP contribution in [-0.4, -0.2) is 48.3 Å². The third-order valence-electron chi connectivity index (χ3n) is 4.71. The van der Waals surface area contributed by atoms with Crippen LogP contribution in [-0.2, 0) is 0 Å². The third-order valence-corrected chi connectivity index (χ3v) is 4.71. The zero-order valence-electron chi connectivity index (χ0n) is 12.1. The van der Waals surface area contributed by atoms with E-state index in [1.165, 1.54) is 38.8 Å². The van der Waals surface area contributed by atoms with E-state index in [2.05, 4.69) is 24.1 Å². The molecule has 0 aromatic rings. The van der Waals surface area contributed by atoms with Crippen molar-refractivity contribution in [1.29, 1.82) is 0 Å². The molecule has 3 nitrogen and oxygen atoms in total. The second-order valence-electron chi connectivity index (χ2n) is 6.25. The van der Waals surface area contributed by atoms with Gasteiger partial charge in [-0.15, -0.1) is 0 Å². The van der Waals surface area contributed by atoms with Gasteiger partial charge < -0.3 is 10.4 Å². The minimum absolute atomic E-state index is 0.348. The average Bonchev–Trinajstić information content (AvgIpc) is 3.20. The summed E-state index contributed by atoms with van der Waals surface area (Å²) in [7, 11) is 0. The molecule has 2 N–H and O–H groups in total. The van der Waals surface area contributed by atoms with Crippen molar-refractivity contribution in [1.82, 2.24) is 10.2 Å². The molecule has 0 amide bonds. The summed E-state index contributed by atoms with van der Waals surface area (Å²) in [6.45, 7) is 8.51. The molecule has 2 fully saturated rings. The standard InChI is InChI=1S/C15H30N2O/c1-3-16-15-9-13(5-4-8-18)10-17(11-15)12(2)14-6-7-14/h12-16,18H,3-11H2,1-2H3. The summed E-state index contributed by atoms with van der Waals surface area (Å²) in [5.41, 5.74) is 0. The van der Waals surface area contributed by atoms with Crippen LogP contribution in [0.3, 0.4) is 0 Å². The lowest BCUT2D eigenvalue weighted by atomic mass is 9.89. The number of hydrogen-bond acceptors (Lipinski definition) is 3. The Morgan fingerprint density at radius 1 is 1.33 bits per heavy atom. The molecular weight excluding hydrogens is 224 g/mol. The number of nitrogens with one attached hydrogen (secondary N) is 1. The van der Waals surface area contributed by atoms with E-state index in [4.69, 9.17) is 5.11 Å². The molecule has 1 saturated carbocycles. The molecule has 0 aromatic heterocycles. The lowest BCUT2D eigenvalue weighted by Crippen LogP contribution is -2.52. The SMILES string of the molecule is CCNC1CC(CCCO)CN(C(C)C2CC2)C1. The van der Waals surface area contributed by atoms with Gasteiger partial charge in [0.05, 0.1) is 0 Å². The van der Waals surface area contributed by atoms with Crippen LogP contribution in [0.25, 0.3) is 0 Å². The van der Waals surface area contributed by atoms with Crippen LogP contribution in [0.5, 0.6) is 0 Å². The Kier molecular flexibility index (Phi) is 5.46. The first kappa shape index (κ1) is 14.3. The van der Waals surface area contributed by atoms with Crippen molar-refractivity contribution in [2.24, 2.45) is 11.8 Å². The fraction of sp³-hybridized carbons (Fsp3) is 1.00. The van der Waals surface area contributed by atoms with Crippen LogP contribution in [0.2, 0.25) is 0 Å². The summed E-state index contributed by atoms with van der Waals surface area (Å²) >= 11 is 0. The molecule has 0 aromatic carbocycles. The van der Waals surface area contributed by atoms with Crippen LogP contribution in [0.4, 0.5) is 0 Å². The van der Waals surface area contributed by atoms with Crippen LogP contribution in [0.15, 0.2) is 0 Å². The summed E-state index contributed by atoms with van der Waals surface area (Å²) < 4.78 is 0. The van der Waals surface area contributed by atoms with E-state index in [0.717, 1.165) is 30.8 Å². The van der Waals surface area contributed by atoms with E-state index >= 15 is 0 Å². The predicted molar refractivity (Wildman–Crippen MR) is 75.7 cm³/mol. The largest absolute Gasteiger partial charge is 0.396 e. The highest BCUT2D eigenvalue weighted by Crippen LogP contribution is 2.37. The molecule has 3 heteroatoms. The summed E-state index contributed by atoms with van der Waals surface area (Å²) in [5.74, 6) is 1.74. The van der Waals surface area contributed by atoms with E-state index in [1.54, 1.807) is 0 Å². The van der Waals surface area contributed by atoms with E-state index in [-0.39, 0.29) is 0 Å². The Bertz CT molecular complexity index is 243. The Hall–Kier alpha value is -0.120. The number of aliphatic hydroxyl groups excluding tert-OH is 1. The smallest absolute Gasteiger partial charge is 0.0431 e. The van der Waals surface area contributed by atoms with Gasteiger partial charge in [-0.3, -0.25) is 4.90 Å². The summed E-state index contributed by atoms with van der Waals surface area (Å²) in [6.07, 6.45) is 6.32. The predicted octanol–water partition coefficient (Wildman–Crippen LogP) is 1.86. The number of hydrogen-bond donors (Lipinski definition) is 2. The van der Waals surface area contributed by atoms with Crippen molar-refractivity contribution in [3.63, 3.8) is 0 Å². The van der Waals surface area contributed by atoms with Gasteiger partial charge in [-0.2, -0.15) is 0 Å². The maximum Gasteiger partial charge on any atom is 0.0431 e. The molecule has 18 heavy (non-hydrogen) atoms. The summed E-state index contributed by atoms with van der Waals surface area (Å²) in [4.78, 5) is 2.70. The Morgan fingerprint density at radius 2 is 2.11 bits per heavy atom. The van der Waals surface area contributed by atoms with Gasteiger partial charge in [0.15, 0.2) is 0 Å². The molecular formula is C15H30N2O. The maximum atomic E-state index is 9.01. The van der Waals surface area contributed by atoms with Crippen molar-refractivity contribution in [2.75, 3.05) is 26.2 Å². The Morgan fingerprint density at radius 3 is 2.72 bits per heavy atom. The van der Waals surface area contributed by atoms with Gasteiger partial charge in [-0.1, -0.05) is 6.92 Å². The van der Waals surface area contributed by atoms with E-state index in [1.807, 2.05) is 0 Å². The van der Waals surface area contributed by atoms with Gasteiger partial charge in [-0.25, -0.2) is 0 Å². The zero-order chi connectivity index (χ0) is 13.0. The van der Waals surface area contributed by atoms with Crippen molar-refractivity contribution < 1.29 is 5.11 Å². The zero-order valence-corrected chi connectivity index (χ0v) is 12.1. The lowest BCUT2D eigenvalue weighted by molar-refractivity contribution is 0.0881. The molecule has 0 radical (unpaired) electrons. The molecule has 1 heterocycles. The fourth-order valence-corrected chi connectivity index (χ4v) is 3.48. The van der Waals surface area contributed by atoms with Crippen molar-refractivity contribution in [2.45, 2.75) is 58.0 Å². The van der Waals surface area contributed by atoms with Gasteiger partial charge in [0.25, 0.3) is 0 Å². The number of likely N-dealkylation sites (N-methyl/N-ethyl adjacent to an activating group) is 1. The van der Waals surface area contributed by atoms with Crippen LogP contribution < -0.4 is 5.32 Å². The van der Waals surface area contributed by atoms with Crippen LogP contribution >= 0.6 is 0 Å². The molecule has 2 rings (SSSR count).